The fraction of sp³-hybridized carbons (Fsp3) is 0.308. The van der Waals surface area contributed by atoms with E-state index in [9.17, 15) is 5.11 Å². The van der Waals surface area contributed by atoms with Crippen molar-refractivity contribution in [1.29, 1.82) is 0 Å². The third-order valence-corrected chi connectivity index (χ3v) is 3.60. The summed E-state index contributed by atoms with van der Waals surface area (Å²) in [6.45, 7) is 2.17. The molecule has 2 rings (SSSR count). The third kappa shape index (κ3) is 2.97. The van der Waals surface area contributed by atoms with Crippen LogP contribution < -0.4 is 5.32 Å². The zero-order chi connectivity index (χ0) is 12.3. The summed E-state index contributed by atoms with van der Waals surface area (Å²) in [4.78, 5) is 4.50. The SMILES string of the molecule is CNc1nc([C@@H](C)Cc2ccc(O)cc2)cs1. The minimum atomic E-state index is 0.313. The Morgan fingerprint density at radius 1 is 1.35 bits per heavy atom. The number of benzene rings is 1. The summed E-state index contributed by atoms with van der Waals surface area (Å²) in [6, 6.07) is 7.36. The van der Waals surface area contributed by atoms with Crippen LogP contribution in [0, 0.1) is 0 Å². The molecule has 17 heavy (non-hydrogen) atoms. The summed E-state index contributed by atoms with van der Waals surface area (Å²) in [5.74, 6) is 0.699. The van der Waals surface area contributed by atoms with Gasteiger partial charge in [-0.2, -0.15) is 0 Å². The van der Waals surface area contributed by atoms with Crippen LogP contribution in [-0.4, -0.2) is 17.1 Å². The van der Waals surface area contributed by atoms with E-state index in [4.69, 9.17) is 0 Å². The highest BCUT2D eigenvalue weighted by atomic mass is 32.1. The first kappa shape index (κ1) is 11.9. The highest BCUT2D eigenvalue weighted by molar-refractivity contribution is 7.13. The van der Waals surface area contributed by atoms with Gasteiger partial charge in [0.1, 0.15) is 5.75 Å². The lowest BCUT2D eigenvalue weighted by Crippen LogP contribution is -1.99. The molecule has 1 aromatic heterocycles. The number of rotatable bonds is 4. The minimum Gasteiger partial charge on any atom is -0.508 e. The first-order valence-corrected chi connectivity index (χ1v) is 6.48. The van der Waals surface area contributed by atoms with Gasteiger partial charge in [-0.25, -0.2) is 4.98 Å². The summed E-state index contributed by atoms with van der Waals surface area (Å²) in [7, 11) is 1.88. The van der Waals surface area contributed by atoms with E-state index in [0.29, 0.717) is 11.7 Å². The van der Waals surface area contributed by atoms with Crippen molar-refractivity contribution in [2.45, 2.75) is 19.3 Å². The van der Waals surface area contributed by atoms with Gasteiger partial charge in [0.25, 0.3) is 0 Å². The number of thiazole rings is 1. The number of hydrogen-bond acceptors (Lipinski definition) is 4. The average molecular weight is 248 g/mol. The number of nitrogens with one attached hydrogen (secondary N) is 1. The van der Waals surface area contributed by atoms with Gasteiger partial charge in [0.15, 0.2) is 5.13 Å². The predicted octanol–water partition coefficient (Wildman–Crippen LogP) is 3.24. The standard InChI is InChI=1S/C13H16N2OS/c1-9(12-8-17-13(14-2)15-12)7-10-3-5-11(16)6-4-10/h3-6,8-9,16H,7H2,1-2H3,(H,14,15)/t9-/m0/s1. The molecule has 0 amide bonds. The molecule has 0 aliphatic carbocycles. The van der Waals surface area contributed by atoms with E-state index in [0.717, 1.165) is 17.2 Å². The second kappa shape index (κ2) is 5.19. The smallest absolute Gasteiger partial charge is 0.182 e. The molecule has 0 spiro atoms. The molecule has 3 nitrogen and oxygen atoms in total. The second-order valence-corrected chi connectivity index (χ2v) is 4.96. The maximum Gasteiger partial charge on any atom is 0.182 e. The molecule has 0 saturated carbocycles. The van der Waals surface area contributed by atoms with Crippen molar-refractivity contribution in [3.8, 4) is 5.75 Å². The summed E-state index contributed by atoms with van der Waals surface area (Å²) < 4.78 is 0. The molecule has 0 unspecified atom stereocenters. The zero-order valence-corrected chi connectivity index (χ0v) is 10.8. The number of anilines is 1. The first-order valence-electron chi connectivity index (χ1n) is 5.60. The molecule has 4 heteroatoms. The Morgan fingerprint density at radius 3 is 2.65 bits per heavy atom. The van der Waals surface area contributed by atoms with Crippen LogP contribution in [0.3, 0.4) is 0 Å². The Kier molecular flexibility index (Phi) is 3.64. The van der Waals surface area contributed by atoms with Crippen LogP contribution in [0.5, 0.6) is 5.75 Å². The van der Waals surface area contributed by atoms with Crippen molar-refractivity contribution < 1.29 is 5.11 Å². The summed E-state index contributed by atoms with van der Waals surface area (Å²) in [5.41, 5.74) is 2.33. The molecule has 1 aromatic carbocycles. The van der Waals surface area contributed by atoms with Crippen molar-refractivity contribution >= 4 is 16.5 Å². The zero-order valence-electron chi connectivity index (χ0n) is 9.97. The van der Waals surface area contributed by atoms with Gasteiger partial charge in [0.05, 0.1) is 5.69 Å². The van der Waals surface area contributed by atoms with Gasteiger partial charge in [-0.05, 0) is 24.1 Å². The van der Waals surface area contributed by atoms with E-state index in [1.54, 1.807) is 23.5 Å². The molecular weight excluding hydrogens is 232 g/mol. The van der Waals surface area contributed by atoms with Gasteiger partial charge >= 0.3 is 0 Å². The summed E-state index contributed by atoms with van der Waals surface area (Å²) >= 11 is 1.63. The van der Waals surface area contributed by atoms with Crippen molar-refractivity contribution in [3.05, 3.63) is 40.9 Å². The molecule has 2 N–H and O–H groups in total. The topological polar surface area (TPSA) is 45.2 Å². The number of hydrogen-bond donors (Lipinski definition) is 2. The lowest BCUT2D eigenvalue weighted by molar-refractivity contribution is 0.475. The Balaban J connectivity index is 2.05. The van der Waals surface area contributed by atoms with E-state index < -0.39 is 0 Å². The number of aromatic nitrogens is 1. The Hall–Kier alpha value is -1.55. The van der Waals surface area contributed by atoms with E-state index in [1.165, 1.54) is 5.56 Å². The van der Waals surface area contributed by atoms with E-state index in [1.807, 2.05) is 19.2 Å². The molecule has 0 aliphatic heterocycles. The predicted molar refractivity (Wildman–Crippen MR) is 71.9 cm³/mol. The first-order chi connectivity index (χ1) is 8.19. The third-order valence-electron chi connectivity index (χ3n) is 2.72. The summed E-state index contributed by atoms with van der Waals surface area (Å²) in [6.07, 6.45) is 0.938. The molecular formula is C13H16N2OS. The van der Waals surface area contributed by atoms with Crippen LogP contribution in [0.1, 0.15) is 24.1 Å². The van der Waals surface area contributed by atoms with Crippen LogP contribution in [0.4, 0.5) is 5.13 Å². The minimum absolute atomic E-state index is 0.313. The van der Waals surface area contributed by atoms with Crippen LogP contribution >= 0.6 is 11.3 Å². The molecule has 0 fully saturated rings. The maximum absolute atomic E-state index is 9.22. The highest BCUT2D eigenvalue weighted by Crippen LogP contribution is 2.25. The van der Waals surface area contributed by atoms with Gasteiger partial charge in [-0.3, -0.25) is 0 Å². The maximum atomic E-state index is 9.22. The quantitative estimate of drug-likeness (QED) is 0.873. The molecule has 1 heterocycles. The Labute approximate surface area is 105 Å². The average Bonchev–Trinajstić information content (AvgIpc) is 2.81. The van der Waals surface area contributed by atoms with Crippen LogP contribution in [-0.2, 0) is 6.42 Å². The van der Waals surface area contributed by atoms with E-state index in [-0.39, 0.29) is 0 Å². The molecule has 0 aliphatic rings. The van der Waals surface area contributed by atoms with Gasteiger partial charge in [-0.15, -0.1) is 11.3 Å². The van der Waals surface area contributed by atoms with Gasteiger partial charge in [0.2, 0.25) is 0 Å². The fourth-order valence-corrected chi connectivity index (χ4v) is 2.51. The van der Waals surface area contributed by atoms with Crippen molar-refractivity contribution in [2.24, 2.45) is 0 Å². The molecule has 2 aromatic rings. The normalized spacial score (nSPS) is 12.4. The second-order valence-electron chi connectivity index (χ2n) is 4.10. The number of phenols is 1. The monoisotopic (exact) mass is 248 g/mol. The number of nitrogens with zero attached hydrogens (tertiary/aromatic N) is 1. The number of phenolic OH excluding ortho intramolecular Hbond substituents is 1. The highest BCUT2D eigenvalue weighted by Gasteiger charge is 2.10. The Bertz CT molecular complexity index is 478. The van der Waals surface area contributed by atoms with Crippen molar-refractivity contribution in [1.82, 2.24) is 4.98 Å². The largest absolute Gasteiger partial charge is 0.508 e. The van der Waals surface area contributed by atoms with E-state index in [2.05, 4.69) is 22.6 Å². The van der Waals surface area contributed by atoms with Gasteiger partial charge in [-0.1, -0.05) is 19.1 Å². The molecule has 0 bridgehead atoms. The lowest BCUT2D eigenvalue weighted by atomic mass is 9.99. The summed E-state index contributed by atoms with van der Waals surface area (Å²) in [5, 5.41) is 15.3. The molecule has 90 valence electrons. The molecule has 0 saturated heterocycles. The van der Waals surface area contributed by atoms with Crippen LogP contribution in [0.25, 0.3) is 0 Å². The molecule has 0 radical (unpaired) electrons. The van der Waals surface area contributed by atoms with Crippen molar-refractivity contribution in [2.75, 3.05) is 12.4 Å². The van der Waals surface area contributed by atoms with Gasteiger partial charge in [0, 0.05) is 18.3 Å². The fourth-order valence-electron chi connectivity index (χ4n) is 1.72. The molecule has 1 atom stereocenters. The van der Waals surface area contributed by atoms with Crippen LogP contribution in [0.2, 0.25) is 0 Å². The number of aromatic hydroxyl groups is 1. The lowest BCUT2D eigenvalue weighted by Gasteiger charge is -2.08. The Morgan fingerprint density at radius 2 is 2.06 bits per heavy atom. The van der Waals surface area contributed by atoms with E-state index >= 15 is 0 Å². The van der Waals surface area contributed by atoms with Crippen LogP contribution in [0.15, 0.2) is 29.6 Å². The van der Waals surface area contributed by atoms with Crippen molar-refractivity contribution in [3.63, 3.8) is 0 Å². The van der Waals surface area contributed by atoms with Gasteiger partial charge < -0.3 is 10.4 Å².